The minimum Gasteiger partial charge on any atom is -0.359 e. The lowest BCUT2D eigenvalue weighted by Crippen LogP contribution is -2.17. The van der Waals surface area contributed by atoms with Crippen LogP contribution in [0, 0.1) is 0 Å². The maximum Gasteiger partial charge on any atom is 0.0616 e. The summed E-state index contributed by atoms with van der Waals surface area (Å²) >= 11 is 0. The summed E-state index contributed by atoms with van der Waals surface area (Å²) in [5.41, 5.74) is 5.96. The van der Waals surface area contributed by atoms with Crippen molar-refractivity contribution in [1.82, 2.24) is 0 Å². The van der Waals surface area contributed by atoms with E-state index in [1.54, 1.807) is 0 Å². The Morgan fingerprint density at radius 1 is 0.941 bits per heavy atom. The van der Waals surface area contributed by atoms with E-state index in [1.165, 1.54) is 22.4 Å². The van der Waals surface area contributed by atoms with Crippen molar-refractivity contribution in [2.24, 2.45) is 0 Å². The fourth-order valence-corrected chi connectivity index (χ4v) is 3.49. The van der Waals surface area contributed by atoms with Crippen LogP contribution >= 0.6 is 0 Å². The predicted octanol–water partition coefficient (Wildman–Crippen LogP) is 3.87. The third-order valence-electron chi connectivity index (χ3n) is 4.26. The molecular weight excluding hydrogens is 206 g/mol. The third-order valence-corrected chi connectivity index (χ3v) is 4.26. The van der Waals surface area contributed by atoms with Gasteiger partial charge in [0.1, 0.15) is 0 Å². The van der Waals surface area contributed by atoms with Gasteiger partial charge >= 0.3 is 0 Å². The van der Waals surface area contributed by atoms with Crippen LogP contribution in [0.3, 0.4) is 0 Å². The molecule has 0 radical (unpaired) electrons. The first-order valence-electron chi connectivity index (χ1n) is 6.29. The molecule has 2 aromatic rings. The minimum absolute atomic E-state index is 0.559. The highest BCUT2D eigenvalue weighted by molar-refractivity contribution is 5.66. The van der Waals surface area contributed by atoms with E-state index < -0.39 is 0 Å². The summed E-state index contributed by atoms with van der Waals surface area (Å²) in [6.07, 6.45) is 0. The Morgan fingerprint density at radius 3 is 2.53 bits per heavy atom. The smallest absolute Gasteiger partial charge is 0.0616 e. The summed E-state index contributed by atoms with van der Waals surface area (Å²) in [6.45, 7) is 3.42. The van der Waals surface area contributed by atoms with E-state index in [9.17, 15) is 0 Å². The Morgan fingerprint density at radius 2 is 1.65 bits per heavy atom. The van der Waals surface area contributed by atoms with Crippen molar-refractivity contribution in [3.8, 4) is 0 Å². The second-order valence-corrected chi connectivity index (χ2v) is 5.12. The summed E-state index contributed by atoms with van der Waals surface area (Å²) in [4.78, 5) is 2.56. The average molecular weight is 221 g/mol. The van der Waals surface area contributed by atoms with E-state index in [4.69, 9.17) is 0 Å². The van der Waals surface area contributed by atoms with Crippen LogP contribution in [0.1, 0.15) is 35.6 Å². The molecule has 1 unspecified atom stereocenters. The molecule has 4 rings (SSSR count). The molecule has 1 nitrogen and oxygen atoms in total. The van der Waals surface area contributed by atoms with Crippen LogP contribution in [-0.2, 0) is 6.54 Å². The molecule has 2 aliphatic rings. The Kier molecular flexibility index (Phi) is 1.71. The van der Waals surface area contributed by atoms with Crippen molar-refractivity contribution in [1.29, 1.82) is 0 Å². The van der Waals surface area contributed by atoms with E-state index in [1.807, 2.05) is 0 Å². The van der Waals surface area contributed by atoms with Gasteiger partial charge in [-0.25, -0.2) is 0 Å². The summed E-state index contributed by atoms with van der Waals surface area (Å²) in [5, 5.41) is 0. The molecule has 0 spiro atoms. The van der Waals surface area contributed by atoms with Gasteiger partial charge in [0, 0.05) is 18.2 Å². The standard InChI is InChI=1S/C16H15N/c1-11-13-7-4-5-9-15(13)17-10-12-6-2-3-8-14(12)16(11)17/h2-9,11,16H,10H2,1H3/t11?,16-/m1/s1. The van der Waals surface area contributed by atoms with Gasteiger partial charge in [0.25, 0.3) is 0 Å². The van der Waals surface area contributed by atoms with Crippen LogP contribution in [0.2, 0.25) is 0 Å². The zero-order valence-electron chi connectivity index (χ0n) is 9.93. The third kappa shape index (κ3) is 1.09. The lowest BCUT2D eigenvalue weighted by molar-refractivity contribution is 0.616. The van der Waals surface area contributed by atoms with Crippen LogP contribution in [0.25, 0.3) is 0 Å². The number of para-hydroxylation sites is 1. The predicted molar refractivity (Wildman–Crippen MR) is 70.2 cm³/mol. The first-order valence-corrected chi connectivity index (χ1v) is 6.29. The van der Waals surface area contributed by atoms with Crippen molar-refractivity contribution in [3.05, 3.63) is 65.2 Å². The van der Waals surface area contributed by atoms with E-state index in [0.29, 0.717) is 12.0 Å². The zero-order chi connectivity index (χ0) is 11.4. The number of hydrogen-bond donors (Lipinski definition) is 0. The fourth-order valence-electron chi connectivity index (χ4n) is 3.49. The molecule has 0 fully saturated rings. The number of benzene rings is 2. The molecule has 2 aromatic carbocycles. The van der Waals surface area contributed by atoms with E-state index in [0.717, 1.165) is 6.54 Å². The van der Waals surface area contributed by atoms with Gasteiger partial charge in [-0.1, -0.05) is 49.4 Å². The molecule has 0 N–H and O–H groups in total. The summed E-state index contributed by atoms with van der Waals surface area (Å²) < 4.78 is 0. The van der Waals surface area contributed by atoms with Crippen LogP contribution in [-0.4, -0.2) is 0 Å². The normalized spacial score (nSPS) is 24.4. The maximum atomic E-state index is 2.56. The van der Waals surface area contributed by atoms with Gasteiger partial charge in [0.15, 0.2) is 0 Å². The van der Waals surface area contributed by atoms with Gasteiger partial charge in [-0.05, 0) is 22.8 Å². The van der Waals surface area contributed by atoms with Crippen molar-refractivity contribution >= 4 is 5.69 Å². The Labute approximate surface area is 102 Å². The van der Waals surface area contributed by atoms with Gasteiger partial charge in [-0.2, -0.15) is 0 Å². The molecule has 2 heterocycles. The van der Waals surface area contributed by atoms with Crippen LogP contribution < -0.4 is 4.90 Å². The molecule has 0 saturated heterocycles. The molecular formula is C16H15N. The second kappa shape index (κ2) is 3.13. The number of nitrogens with zero attached hydrogens (tertiary/aromatic N) is 1. The molecule has 84 valence electrons. The topological polar surface area (TPSA) is 3.24 Å². The largest absolute Gasteiger partial charge is 0.359 e. The second-order valence-electron chi connectivity index (χ2n) is 5.12. The fraction of sp³-hybridized carbons (Fsp3) is 0.250. The first kappa shape index (κ1) is 9.29. The molecule has 0 amide bonds. The van der Waals surface area contributed by atoms with Crippen molar-refractivity contribution in [3.63, 3.8) is 0 Å². The average Bonchev–Trinajstić information content (AvgIpc) is 2.88. The van der Waals surface area contributed by atoms with Crippen molar-refractivity contribution < 1.29 is 0 Å². The van der Waals surface area contributed by atoms with Crippen molar-refractivity contribution in [2.45, 2.75) is 25.4 Å². The Hall–Kier alpha value is -1.76. The number of rotatable bonds is 0. The molecule has 2 aliphatic heterocycles. The van der Waals surface area contributed by atoms with E-state index >= 15 is 0 Å². The SMILES string of the molecule is CC1c2ccccc2N2Cc3ccccc3[C@@H]12. The molecule has 2 atom stereocenters. The minimum atomic E-state index is 0.559. The zero-order valence-corrected chi connectivity index (χ0v) is 9.93. The highest BCUT2D eigenvalue weighted by atomic mass is 15.2. The lowest BCUT2D eigenvalue weighted by Gasteiger charge is -2.21. The number of hydrogen-bond acceptors (Lipinski definition) is 1. The molecule has 0 bridgehead atoms. The highest BCUT2D eigenvalue weighted by Crippen LogP contribution is 2.53. The molecule has 17 heavy (non-hydrogen) atoms. The van der Waals surface area contributed by atoms with Gasteiger partial charge in [-0.3, -0.25) is 0 Å². The molecule has 0 saturated carbocycles. The van der Waals surface area contributed by atoms with Gasteiger partial charge in [-0.15, -0.1) is 0 Å². The quantitative estimate of drug-likeness (QED) is 0.653. The Balaban J connectivity index is 1.91. The monoisotopic (exact) mass is 221 g/mol. The van der Waals surface area contributed by atoms with E-state index in [-0.39, 0.29) is 0 Å². The van der Waals surface area contributed by atoms with Crippen molar-refractivity contribution in [2.75, 3.05) is 4.90 Å². The molecule has 1 heteroatoms. The summed E-state index contributed by atoms with van der Waals surface area (Å²) in [7, 11) is 0. The highest BCUT2D eigenvalue weighted by Gasteiger charge is 2.41. The number of fused-ring (bicyclic) bond motifs is 5. The first-order chi connectivity index (χ1) is 8.36. The maximum absolute atomic E-state index is 2.56. The van der Waals surface area contributed by atoms with Gasteiger partial charge in [0.2, 0.25) is 0 Å². The molecule has 0 aliphatic carbocycles. The number of anilines is 1. The Bertz CT molecular complexity index is 588. The lowest BCUT2D eigenvalue weighted by atomic mass is 9.91. The van der Waals surface area contributed by atoms with Crippen LogP contribution in [0.5, 0.6) is 0 Å². The van der Waals surface area contributed by atoms with Crippen LogP contribution in [0.4, 0.5) is 5.69 Å². The van der Waals surface area contributed by atoms with E-state index in [2.05, 4.69) is 60.4 Å². The van der Waals surface area contributed by atoms with Crippen LogP contribution in [0.15, 0.2) is 48.5 Å². The van der Waals surface area contributed by atoms with Gasteiger partial charge in [0.05, 0.1) is 6.04 Å². The molecule has 0 aromatic heterocycles. The summed E-state index contributed by atoms with van der Waals surface area (Å²) in [6, 6.07) is 18.3. The summed E-state index contributed by atoms with van der Waals surface area (Å²) in [5.74, 6) is 0.606. The van der Waals surface area contributed by atoms with Gasteiger partial charge < -0.3 is 4.90 Å².